The molecule has 0 fully saturated rings. The van der Waals surface area contributed by atoms with E-state index in [4.69, 9.17) is 5.73 Å². The van der Waals surface area contributed by atoms with Gasteiger partial charge >= 0.3 is 0 Å². The van der Waals surface area contributed by atoms with Gasteiger partial charge in [-0.05, 0) is 25.1 Å². The van der Waals surface area contributed by atoms with Crippen molar-refractivity contribution in [3.8, 4) is 0 Å². The largest absolute Gasteiger partial charge is 0.330 e. The van der Waals surface area contributed by atoms with E-state index in [2.05, 4.69) is 4.98 Å². The summed E-state index contributed by atoms with van der Waals surface area (Å²) in [6, 6.07) is 3.69. The van der Waals surface area contributed by atoms with Gasteiger partial charge in [0.15, 0.2) is 5.78 Å². The van der Waals surface area contributed by atoms with Crippen LogP contribution >= 0.6 is 0 Å². The van der Waals surface area contributed by atoms with Crippen LogP contribution in [0.2, 0.25) is 0 Å². The first-order valence-corrected chi connectivity index (χ1v) is 3.90. The number of pyridine rings is 1. The van der Waals surface area contributed by atoms with Gasteiger partial charge in [-0.2, -0.15) is 0 Å². The molecule has 0 aliphatic rings. The molecule has 0 aliphatic heterocycles. The van der Waals surface area contributed by atoms with Crippen molar-refractivity contribution in [2.75, 3.05) is 6.54 Å². The van der Waals surface area contributed by atoms with Crippen molar-refractivity contribution in [1.29, 1.82) is 0 Å². The molecule has 0 saturated heterocycles. The number of ketones is 1. The van der Waals surface area contributed by atoms with E-state index in [-0.39, 0.29) is 5.78 Å². The maximum Gasteiger partial charge on any atom is 0.182 e. The molecule has 2 N–H and O–H groups in total. The van der Waals surface area contributed by atoms with Gasteiger partial charge < -0.3 is 5.73 Å². The zero-order chi connectivity index (χ0) is 8.97. The van der Waals surface area contributed by atoms with Crippen molar-refractivity contribution in [2.45, 2.75) is 13.3 Å². The smallest absolute Gasteiger partial charge is 0.182 e. The highest BCUT2D eigenvalue weighted by molar-refractivity contribution is 5.95. The second kappa shape index (κ2) is 3.97. The second-order valence-electron chi connectivity index (χ2n) is 2.63. The summed E-state index contributed by atoms with van der Waals surface area (Å²) in [4.78, 5) is 15.3. The maximum absolute atomic E-state index is 11.3. The molecule has 0 radical (unpaired) electrons. The summed E-state index contributed by atoms with van der Waals surface area (Å²) in [7, 11) is 0. The highest BCUT2D eigenvalue weighted by Crippen LogP contribution is 2.05. The van der Waals surface area contributed by atoms with Crippen LogP contribution in [0.5, 0.6) is 0 Å². The van der Waals surface area contributed by atoms with Crippen LogP contribution < -0.4 is 5.73 Å². The predicted molar refractivity (Wildman–Crippen MR) is 47.0 cm³/mol. The predicted octanol–water partition coefficient (Wildman–Crippen LogP) is 0.922. The fourth-order valence-corrected chi connectivity index (χ4v) is 1.03. The van der Waals surface area contributed by atoms with Gasteiger partial charge in [0.1, 0.15) is 5.69 Å². The van der Waals surface area contributed by atoms with Crippen LogP contribution in [0.1, 0.15) is 22.5 Å². The molecule has 1 rings (SSSR count). The summed E-state index contributed by atoms with van der Waals surface area (Å²) in [6.07, 6.45) is 1.99. The van der Waals surface area contributed by atoms with Crippen LogP contribution in [-0.2, 0) is 0 Å². The molecular weight excluding hydrogens is 152 g/mol. The molecule has 1 heterocycles. The molecule has 64 valence electrons. The van der Waals surface area contributed by atoms with E-state index < -0.39 is 0 Å². The van der Waals surface area contributed by atoms with E-state index in [1.54, 1.807) is 6.20 Å². The van der Waals surface area contributed by atoms with Gasteiger partial charge in [0.25, 0.3) is 0 Å². The molecule has 0 aliphatic carbocycles. The Balaban J connectivity index is 2.87. The van der Waals surface area contributed by atoms with Crippen molar-refractivity contribution in [1.82, 2.24) is 4.98 Å². The Morgan fingerprint density at radius 1 is 1.67 bits per heavy atom. The summed E-state index contributed by atoms with van der Waals surface area (Å²) in [5.41, 5.74) is 6.73. The number of nitrogens with two attached hydrogens (primary N) is 1. The van der Waals surface area contributed by atoms with Gasteiger partial charge in [-0.3, -0.25) is 9.78 Å². The summed E-state index contributed by atoms with van der Waals surface area (Å²) >= 11 is 0. The summed E-state index contributed by atoms with van der Waals surface area (Å²) < 4.78 is 0. The van der Waals surface area contributed by atoms with Crippen LogP contribution in [0.3, 0.4) is 0 Å². The average molecular weight is 164 g/mol. The van der Waals surface area contributed by atoms with Crippen LogP contribution in [0.4, 0.5) is 0 Å². The molecule has 0 bridgehead atoms. The standard InChI is InChI=1S/C9H12N2O/c1-7-3-2-6-11-9(7)8(12)4-5-10/h2-3,6H,4-5,10H2,1H3. The van der Waals surface area contributed by atoms with Crippen molar-refractivity contribution >= 4 is 5.78 Å². The molecular formula is C9H12N2O. The highest BCUT2D eigenvalue weighted by atomic mass is 16.1. The van der Waals surface area contributed by atoms with Crippen LogP contribution in [-0.4, -0.2) is 17.3 Å². The van der Waals surface area contributed by atoms with E-state index in [0.29, 0.717) is 18.7 Å². The maximum atomic E-state index is 11.3. The monoisotopic (exact) mass is 164 g/mol. The Labute approximate surface area is 71.6 Å². The Morgan fingerprint density at radius 2 is 2.42 bits per heavy atom. The Bertz CT molecular complexity index is 284. The lowest BCUT2D eigenvalue weighted by Crippen LogP contribution is -2.10. The highest BCUT2D eigenvalue weighted by Gasteiger charge is 2.07. The number of aryl methyl sites for hydroxylation is 1. The number of aromatic nitrogens is 1. The van der Waals surface area contributed by atoms with Gasteiger partial charge in [-0.1, -0.05) is 6.07 Å². The summed E-state index contributed by atoms with van der Waals surface area (Å²) in [5.74, 6) is 0.0237. The molecule has 0 unspecified atom stereocenters. The van der Waals surface area contributed by atoms with Crippen molar-refractivity contribution in [3.05, 3.63) is 29.6 Å². The van der Waals surface area contributed by atoms with Crippen LogP contribution in [0.15, 0.2) is 18.3 Å². The van der Waals surface area contributed by atoms with E-state index >= 15 is 0 Å². The van der Waals surface area contributed by atoms with Crippen molar-refractivity contribution in [3.63, 3.8) is 0 Å². The normalized spacial score (nSPS) is 9.83. The molecule has 12 heavy (non-hydrogen) atoms. The van der Waals surface area contributed by atoms with Crippen molar-refractivity contribution in [2.24, 2.45) is 5.73 Å². The quantitative estimate of drug-likeness (QED) is 0.676. The third kappa shape index (κ3) is 1.89. The minimum Gasteiger partial charge on any atom is -0.330 e. The number of rotatable bonds is 3. The number of nitrogens with zero attached hydrogens (tertiary/aromatic N) is 1. The van der Waals surface area contributed by atoms with E-state index in [0.717, 1.165) is 5.56 Å². The first-order valence-electron chi connectivity index (χ1n) is 3.90. The van der Waals surface area contributed by atoms with Crippen LogP contribution in [0, 0.1) is 6.92 Å². The fourth-order valence-electron chi connectivity index (χ4n) is 1.03. The number of carbonyl (C=O) groups excluding carboxylic acids is 1. The van der Waals surface area contributed by atoms with Gasteiger partial charge in [0.05, 0.1) is 0 Å². The average Bonchev–Trinajstić information content (AvgIpc) is 2.05. The Hall–Kier alpha value is -1.22. The molecule has 1 aromatic rings. The Morgan fingerprint density at radius 3 is 3.00 bits per heavy atom. The molecule has 0 atom stereocenters. The fraction of sp³-hybridized carbons (Fsp3) is 0.333. The zero-order valence-electron chi connectivity index (χ0n) is 7.08. The van der Waals surface area contributed by atoms with Crippen molar-refractivity contribution < 1.29 is 4.79 Å². The summed E-state index contributed by atoms with van der Waals surface area (Å²) in [5, 5.41) is 0. The third-order valence-electron chi connectivity index (χ3n) is 1.64. The second-order valence-corrected chi connectivity index (χ2v) is 2.63. The first kappa shape index (κ1) is 8.87. The van der Waals surface area contributed by atoms with Crippen LogP contribution in [0.25, 0.3) is 0 Å². The van der Waals surface area contributed by atoms with Gasteiger partial charge in [-0.15, -0.1) is 0 Å². The molecule has 3 heteroatoms. The molecule has 1 aromatic heterocycles. The minimum atomic E-state index is 0.0237. The molecule has 0 spiro atoms. The number of Topliss-reactive ketones (excluding diaryl/α,β-unsaturated/α-hetero) is 1. The lowest BCUT2D eigenvalue weighted by atomic mass is 10.1. The third-order valence-corrected chi connectivity index (χ3v) is 1.64. The lowest BCUT2D eigenvalue weighted by Gasteiger charge is -2.00. The SMILES string of the molecule is Cc1cccnc1C(=O)CCN. The van der Waals surface area contributed by atoms with Gasteiger partial charge in [0.2, 0.25) is 0 Å². The number of carbonyl (C=O) groups is 1. The number of hydrogen-bond donors (Lipinski definition) is 1. The number of hydrogen-bond acceptors (Lipinski definition) is 3. The van der Waals surface area contributed by atoms with Gasteiger partial charge in [0, 0.05) is 12.6 Å². The van der Waals surface area contributed by atoms with E-state index in [1.807, 2.05) is 19.1 Å². The van der Waals surface area contributed by atoms with E-state index in [9.17, 15) is 4.79 Å². The van der Waals surface area contributed by atoms with E-state index in [1.165, 1.54) is 0 Å². The molecule has 0 amide bonds. The molecule has 0 aromatic carbocycles. The minimum absolute atomic E-state index is 0.0237. The summed E-state index contributed by atoms with van der Waals surface area (Å²) in [6.45, 7) is 2.26. The molecule has 3 nitrogen and oxygen atoms in total. The molecule has 0 saturated carbocycles. The van der Waals surface area contributed by atoms with Gasteiger partial charge in [-0.25, -0.2) is 0 Å². The topological polar surface area (TPSA) is 56.0 Å². The Kier molecular flexibility index (Phi) is 2.94. The zero-order valence-corrected chi connectivity index (χ0v) is 7.08. The first-order chi connectivity index (χ1) is 5.75. The lowest BCUT2D eigenvalue weighted by molar-refractivity contribution is 0.0980.